The number of aliphatic hydroxyl groups excluding tert-OH is 1. The first kappa shape index (κ1) is 23.1. The van der Waals surface area contributed by atoms with Gasteiger partial charge in [-0.2, -0.15) is 0 Å². The van der Waals surface area contributed by atoms with E-state index in [4.69, 9.17) is 9.72 Å². The van der Waals surface area contributed by atoms with Gasteiger partial charge in [0, 0.05) is 24.6 Å². The van der Waals surface area contributed by atoms with Crippen LogP contribution in [0.5, 0.6) is 5.75 Å². The van der Waals surface area contributed by atoms with Crippen molar-refractivity contribution in [2.45, 2.75) is 38.8 Å². The lowest BCUT2D eigenvalue weighted by Gasteiger charge is -2.20. The van der Waals surface area contributed by atoms with Gasteiger partial charge in [-0.1, -0.05) is 36.4 Å². The predicted octanol–water partition coefficient (Wildman–Crippen LogP) is 4.75. The normalized spacial score (nSPS) is 16.7. The van der Waals surface area contributed by atoms with Gasteiger partial charge in [0.2, 0.25) is 5.91 Å². The Morgan fingerprint density at radius 3 is 2.60 bits per heavy atom. The lowest BCUT2D eigenvalue weighted by Crippen LogP contribution is -2.26. The van der Waals surface area contributed by atoms with Gasteiger partial charge in [0.1, 0.15) is 30.1 Å². The van der Waals surface area contributed by atoms with E-state index in [-0.39, 0.29) is 37.2 Å². The van der Waals surface area contributed by atoms with Crippen LogP contribution in [-0.2, 0) is 11.3 Å². The van der Waals surface area contributed by atoms with E-state index in [0.717, 1.165) is 33.7 Å². The zero-order chi connectivity index (χ0) is 24.5. The van der Waals surface area contributed by atoms with Crippen LogP contribution >= 0.6 is 0 Å². The lowest BCUT2D eigenvalue weighted by atomic mass is 10.1. The summed E-state index contributed by atoms with van der Waals surface area (Å²) >= 11 is 0. The maximum atomic E-state index is 13.8. The number of halogens is 1. The third kappa shape index (κ3) is 4.64. The van der Waals surface area contributed by atoms with Gasteiger partial charge in [0.15, 0.2) is 0 Å². The molecule has 0 radical (unpaired) electrons. The van der Waals surface area contributed by atoms with Gasteiger partial charge >= 0.3 is 0 Å². The minimum atomic E-state index is -0.776. The van der Waals surface area contributed by atoms with Gasteiger partial charge in [-0.05, 0) is 55.3 Å². The quantitative estimate of drug-likeness (QED) is 0.421. The molecular weight excluding hydrogens is 445 g/mol. The van der Waals surface area contributed by atoms with Crippen LogP contribution in [-0.4, -0.2) is 39.8 Å². The van der Waals surface area contributed by atoms with Crippen LogP contribution in [0.3, 0.4) is 0 Å². The van der Waals surface area contributed by atoms with Gasteiger partial charge in [-0.25, -0.2) is 9.37 Å². The van der Waals surface area contributed by atoms with E-state index >= 15 is 0 Å². The van der Waals surface area contributed by atoms with E-state index in [2.05, 4.69) is 0 Å². The number of aromatic nitrogens is 2. The van der Waals surface area contributed by atoms with Crippen LogP contribution in [0, 0.1) is 19.7 Å². The Morgan fingerprint density at radius 1 is 1.09 bits per heavy atom. The van der Waals surface area contributed by atoms with E-state index in [1.54, 1.807) is 17.0 Å². The van der Waals surface area contributed by atoms with Gasteiger partial charge < -0.3 is 19.3 Å². The first-order valence-electron chi connectivity index (χ1n) is 11.8. The molecule has 0 saturated carbocycles. The average molecular weight is 474 g/mol. The first-order chi connectivity index (χ1) is 16.9. The molecule has 6 nitrogen and oxygen atoms in total. The molecule has 1 fully saturated rings. The number of aryl methyl sites for hydroxylation is 2. The summed E-state index contributed by atoms with van der Waals surface area (Å²) in [4.78, 5) is 19.3. The summed E-state index contributed by atoms with van der Waals surface area (Å²) in [6.07, 6.45) is -0.503. The van der Waals surface area contributed by atoms with Crippen molar-refractivity contribution in [3.63, 3.8) is 0 Å². The van der Waals surface area contributed by atoms with Gasteiger partial charge in [0.05, 0.1) is 17.6 Å². The predicted molar refractivity (Wildman–Crippen MR) is 133 cm³/mol. The van der Waals surface area contributed by atoms with Crippen LogP contribution in [0.4, 0.5) is 10.1 Å². The Morgan fingerprint density at radius 2 is 1.83 bits per heavy atom. The van der Waals surface area contributed by atoms with Crippen molar-refractivity contribution in [3.05, 3.63) is 89.5 Å². The summed E-state index contributed by atoms with van der Waals surface area (Å²) in [5, 5.41) is 10.9. The number of para-hydroxylation sites is 3. The van der Waals surface area contributed by atoms with E-state index in [1.807, 2.05) is 60.9 Å². The fraction of sp³-hybridized carbons (Fsp3) is 0.286. The molecule has 2 atom stereocenters. The molecule has 3 aromatic carbocycles. The Hall–Kier alpha value is -3.71. The maximum absolute atomic E-state index is 13.8. The highest BCUT2D eigenvalue weighted by Gasteiger charge is 2.35. The molecule has 35 heavy (non-hydrogen) atoms. The molecule has 2 heterocycles. The average Bonchev–Trinajstić information content (AvgIpc) is 3.39. The Kier molecular flexibility index (Phi) is 6.26. The van der Waals surface area contributed by atoms with E-state index < -0.39 is 6.10 Å². The number of imidazole rings is 1. The van der Waals surface area contributed by atoms with Crippen LogP contribution in [0.25, 0.3) is 11.0 Å². The molecule has 0 spiro atoms. The van der Waals surface area contributed by atoms with Crippen molar-refractivity contribution in [1.29, 1.82) is 0 Å². The summed E-state index contributed by atoms with van der Waals surface area (Å²) < 4.78 is 21.7. The molecule has 7 heteroatoms. The summed E-state index contributed by atoms with van der Waals surface area (Å²) in [5.74, 6) is 0.903. The molecule has 1 aromatic heterocycles. The molecule has 1 amide bonds. The Balaban J connectivity index is 1.39. The second kappa shape index (κ2) is 9.50. The number of rotatable bonds is 7. The number of benzene rings is 3. The first-order valence-corrected chi connectivity index (χ1v) is 11.8. The molecule has 180 valence electrons. The number of carbonyl (C=O) groups excluding carboxylic acids is 1. The molecule has 1 aliphatic rings. The van der Waals surface area contributed by atoms with Crippen molar-refractivity contribution in [3.8, 4) is 5.75 Å². The van der Waals surface area contributed by atoms with Gasteiger partial charge in [-0.3, -0.25) is 4.79 Å². The van der Waals surface area contributed by atoms with Crippen LogP contribution in [0.2, 0.25) is 0 Å². The summed E-state index contributed by atoms with van der Waals surface area (Å²) in [7, 11) is 0. The molecular formula is C28H28FN3O3. The monoisotopic (exact) mass is 473 g/mol. The van der Waals surface area contributed by atoms with E-state index in [9.17, 15) is 14.3 Å². The number of fused-ring (bicyclic) bond motifs is 1. The minimum Gasteiger partial charge on any atom is -0.490 e. The smallest absolute Gasteiger partial charge is 0.227 e. The topological polar surface area (TPSA) is 67.6 Å². The standard InChI is InChI=1S/C28H28FN3O3/c1-18-7-5-8-19(2)27(18)35-17-23(33)16-32-25-12-4-3-11-24(25)30-28(32)20-13-26(34)31(15-20)22-10-6-9-21(29)14-22/h3-12,14,20,23,33H,13,15-17H2,1-2H3/t20-,23-/m0/s1. The third-order valence-electron chi connectivity index (χ3n) is 6.52. The van der Waals surface area contributed by atoms with Crippen molar-refractivity contribution in [2.75, 3.05) is 18.1 Å². The SMILES string of the molecule is Cc1cccc(C)c1OC[C@@H](O)Cn1c([C@H]2CC(=O)N(c3cccc(F)c3)C2)nc2ccccc21. The molecule has 0 unspecified atom stereocenters. The number of amides is 1. The molecule has 4 aromatic rings. The number of hydrogen-bond acceptors (Lipinski definition) is 4. The number of hydrogen-bond donors (Lipinski definition) is 1. The molecule has 0 aliphatic carbocycles. The van der Waals surface area contributed by atoms with Crippen LogP contribution < -0.4 is 9.64 Å². The zero-order valence-electron chi connectivity index (χ0n) is 19.8. The summed E-state index contributed by atoms with van der Waals surface area (Å²) in [5.41, 5.74) is 4.29. The number of carbonyl (C=O) groups is 1. The highest BCUT2D eigenvalue weighted by Crippen LogP contribution is 2.33. The Bertz CT molecular complexity index is 1360. The van der Waals surface area contributed by atoms with Crippen molar-refractivity contribution >= 4 is 22.6 Å². The van der Waals surface area contributed by atoms with Crippen LogP contribution in [0.15, 0.2) is 66.7 Å². The fourth-order valence-electron chi connectivity index (χ4n) is 4.84. The maximum Gasteiger partial charge on any atom is 0.227 e. The second-order valence-electron chi connectivity index (χ2n) is 9.14. The third-order valence-corrected chi connectivity index (χ3v) is 6.52. The second-order valence-corrected chi connectivity index (χ2v) is 9.14. The van der Waals surface area contributed by atoms with Crippen LogP contribution in [0.1, 0.15) is 29.3 Å². The number of ether oxygens (including phenoxy) is 1. The summed E-state index contributed by atoms with van der Waals surface area (Å²) in [6.45, 7) is 4.79. The van der Waals surface area contributed by atoms with Crippen molar-refractivity contribution in [1.82, 2.24) is 9.55 Å². The molecule has 1 N–H and O–H groups in total. The summed E-state index contributed by atoms with van der Waals surface area (Å²) in [6, 6.07) is 19.8. The Labute approximate surface area is 203 Å². The highest BCUT2D eigenvalue weighted by atomic mass is 19.1. The number of aliphatic hydroxyl groups is 1. The number of nitrogens with zero attached hydrogens (tertiary/aromatic N) is 3. The molecule has 0 bridgehead atoms. The minimum absolute atomic E-state index is 0.0712. The zero-order valence-corrected chi connectivity index (χ0v) is 19.8. The molecule has 1 aliphatic heterocycles. The van der Waals surface area contributed by atoms with Gasteiger partial charge in [-0.15, -0.1) is 0 Å². The molecule has 1 saturated heterocycles. The molecule has 5 rings (SSSR count). The van der Waals surface area contributed by atoms with Crippen molar-refractivity contribution < 1.29 is 19.0 Å². The largest absolute Gasteiger partial charge is 0.490 e. The van der Waals surface area contributed by atoms with Gasteiger partial charge in [0.25, 0.3) is 0 Å². The highest BCUT2D eigenvalue weighted by molar-refractivity contribution is 5.96. The lowest BCUT2D eigenvalue weighted by molar-refractivity contribution is -0.117. The number of anilines is 1. The van der Waals surface area contributed by atoms with E-state index in [1.165, 1.54) is 12.1 Å². The van der Waals surface area contributed by atoms with E-state index in [0.29, 0.717) is 12.2 Å². The van der Waals surface area contributed by atoms with Crippen molar-refractivity contribution in [2.24, 2.45) is 0 Å². The fourth-order valence-corrected chi connectivity index (χ4v) is 4.84.